The summed E-state index contributed by atoms with van der Waals surface area (Å²) in [4.78, 5) is 27.0. The molecule has 4 rings (SSSR count). The SMILES string of the molecule is N#Cc1cccc(COc2cccc(NC(=O)C3CC(=O)N(C4CCCC4)C3)c2)c1. The van der Waals surface area contributed by atoms with Crippen LogP contribution in [0.25, 0.3) is 0 Å². The molecule has 1 unspecified atom stereocenters. The number of carbonyl (C=O) groups excluding carboxylic acids is 2. The summed E-state index contributed by atoms with van der Waals surface area (Å²) in [5.74, 6) is 0.295. The first kappa shape index (κ1) is 20.0. The molecule has 1 saturated heterocycles. The molecular weight excluding hydrogens is 378 g/mol. The van der Waals surface area contributed by atoms with Gasteiger partial charge in [0.05, 0.1) is 17.6 Å². The fraction of sp³-hybridized carbons (Fsp3) is 0.375. The smallest absolute Gasteiger partial charge is 0.229 e. The van der Waals surface area contributed by atoms with Crippen molar-refractivity contribution in [2.45, 2.75) is 44.8 Å². The van der Waals surface area contributed by atoms with Crippen molar-refractivity contribution in [2.24, 2.45) is 5.92 Å². The molecule has 2 aromatic carbocycles. The van der Waals surface area contributed by atoms with Crippen LogP contribution in [0.5, 0.6) is 5.75 Å². The predicted molar refractivity (Wildman–Crippen MR) is 113 cm³/mol. The van der Waals surface area contributed by atoms with Gasteiger partial charge < -0.3 is 15.0 Å². The minimum Gasteiger partial charge on any atom is -0.489 e. The van der Waals surface area contributed by atoms with E-state index in [0.29, 0.717) is 36.2 Å². The number of carbonyl (C=O) groups is 2. The second-order valence-corrected chi connectivity index (χ2v) is 8.00. The van der Waals surface area contributed by atoms with Crippen molar-refractivity contribution in [3.8, 4) is 11.8 Å². The molecule has 0 spiro atoms. The zero-order valence-corrected chi connectivity index (χ0v) is 16.8. The number of nitrogens with zero attached hydrogens (tertiary/aromatic N) is 2. The lowest BCUT2D eigenvalue weighted by Crippen LogP contribution is -2.35. The first-order chi connectivity index (χ1) is 14.6. The zero-order chi connectivity index (χ0) is 20.9. The molecule has 2 amide bonds. The van der Waals surface area contributed by atoms with Gasteiger partial charge in [0.2, 0.25) is 11.8 Å². The molecule has 0 aromatic heterocycles. The first-order valence-electron chi connectivity index (χ1n) is 10.4. The molecule has 2 aliphatic rings. The van der Waals surface area contributed by atoms with E-state index in [1.165, 1.54) is 12.8 Å². The topological polar surface area (TPSA) is 82.4 Å². The van der Waals surface area contributed by atoms with Gasteiger partial charge in [-0.05, 0) is 42.7 Å². The Morgan fingerprint density at radius 1 is 1.17 bits per heavy atom. The minimum atomic E-state index is -0.309. The molecule has 1 N–H and O–H groups in total. The third kappa shape index (κ3) is 4.62. The van der Waals surface area contributed by atoms with E-state index in [9.17, 15) is 9.59 Å². The maximum atomic E-state index is 12.7. The number of amides is 2. The Balaban J connectivity index is 1.34. The summed E-state index contributed by atoms with van der Waals surface area (Å²) in [6.45, 7) is 0.848. The van der Waals surface area contributed by atoms with Gasteiger partial charge in [0.25, 0.3) is 0 Å². The van der Waals surface area contributed by atoms with Crippen molar-refractivity contribution in [1.29, 1.82) is 5.26 Å². The van der Waals surface area contributed by atoms with Crippen molar-refractivity contribution in [2.75, 3.05) is 11.9 Å². The number of likely N-dealkylation sites (tertiary alicyclic amines) is 1. The molecule has 1 heterocycles. The molecule has 6 heteroatoms. The number of nitrogens with one attached hydrogen (secondary N) is 1. The first-order valence-corrected chi connectivity index (χ1v) is 10.4. The fourth-order valence-electron chi connectivity index (χ4n) is 4.28. The van der Waals surface area contributed by atoms with Gasteiger partial charge in [0.15, 0.2) is 0 Å². The normalized spacial score (nSPS) is 19.0. The summed E-state index contributed by atoms with van der Waals surface area (Å²) in [6, 6.07) is 16.9. The molecule has 0 bridgehead atoms. The molecule has 1 aliphatic carbocycles. The van der Waals surface area contributed by atoms with Crippen molar-refractivity contribution in [1.82, 2.24) is 4.90 Å². The highest BCUT2D eigenvalue weighted by molar-refractivity contribution is 5.97. The van der Waals surface area contributed by atoms with E-state index < -0.39 is 0 Å². The van der Waals surface area contributed by atoms with Crippen molar-refractivity contribution < 1.29 is 14.3 Å². The molecule has 2 aromatic rings. The molecule has 6 nitrogen and oxygen atoms in total. The van der Waals surface area contributed by atoms with Crippen LogP contribution >= 0.6 is 0 Å². The van der Waals surface area contributed by atoms with E-state index in [0.717, 1.165) is 18.4 Å². The maximum Gasteiger partial charge on any atom is 0.229 e. The Bertz CT molecular complexity index is 976. The second kappa shape index (κ2) is 9.00. The number of anilines is 1. The van der Waals surface area contributed by atoms with E-state index in [4.69, 9.17) is 10.00 Å². The predicted octanol–water partition coefficient (Wildman–Crippen LogP) is 3.87. The van der Waals surface area contributed by atoms with Crippen molar-refractivity contribution in [3.63, 3.8) is 0 Å². The summed E-state index contributed by atoms with van der Waals surface area (Å²) in [5, 5.41) is 11.9. The summed E-state index contributed by atoms with van der Waals surface area (Å²) in [7, 11) is 0. The lowest BCUT2D eigenvalue weighted by molar-refractivity contribution is -0.129. The van der Waals surface area contributed by atoms with E-state index in [1.807, 2.05) is 35.2 Å². The number of hydrogen-bond donors (Lipinski definition) is 1. The molecule has 0 radical (unpaired) electrons. The highest BCUT2D eigenvalue weighted by Gasteiger charge is 2.38. The molecule has 1 atom stereocenters. The average Bonchev–Trinajstić information content (AvgIpc) is 3.42. The lowest BCUT2D eigenvalue weighted by Gasteiger charge is -2.23. The number of ether oxygens (including phenoxy) is 1. The zero-order valence-electron chi connectivity index (χ0n) is 16.8. The Labute approximate surface area is 176 Å². The van der Waals surface area contributed by atoms with Crippen molar-refractivity contribution in [3.05, 3.63) is 59.7 Å². The van der Waals surface area contributed by atoms with E-state index in [2.05, 4.69) is 11.4 Å². The molecule has 1 saturated carbocycles. The van der Waals surface area contributed by atoms with E-state index in [-0.39, 0.29) is 24.2 Å². The van der Waals surface area contributed by atoms with Gasteiger partial charge in [-0.25, -0.2) is 0 Å². The lowest BCUT2D eigenvalue weighted by atomic mass is 10.1. The van der Waals surface area contributed by atoms with Crippen LogP contribution in [0.2, 0.25) is 0 Å². The largest absolute Gasteiger partial charge is 0.489 e. The number of rotatable bonds is 6. The number of hydrogen-bond acceptors (Lipinski definition) is 4. The van der Waals surface area contributed by atoms with Gasteiger partial charge in [-0.1, -0.05) is 31.0 Å². The molecular formula is C24H25N3O3. The molecule has 1 aliphatic heterocycles. The highest BCUT2D eigenvalue weighted by Crippen LogP contribution is 2.30. The van der Waals surface area contributed by atoms with Crippen molar-refractivity contribution >= 4 is 17.5 Å². The Hall–Kier alpha value is -3.33. The van der Waals surface area contributed by atoms with Crippen LogP contribution in [0.4, 0.5) is 5.69 Å². The molecule has 30 heavy (non-hydrogen) atoms. The quantitative estimate of drug-likeness (QED) is 0.794. The van der Waals surface area contributed by atoms with Gasteiger partial charge in [0.1, 0.15) is 12.4 Å². The van der Waals surface area contributed by atoms with E-state index >= 15 is 0 Å². The van der Waals surface area contributed by atoms with Crippen LogP contribution in [0, 0.1) is 17.2 Å². The third-order valence-corrected chi connectivity index (χ3v) is 5.86. The minimum absolute atomic E-state index is 0.0960. The second-order valence-electron chi connectivity index (χ2n) is 8.00. The van der Waals surface area contributed by atoms with Gasteiger partial charge in [-0.3, -0.25) is 9.59 Å². The number of benzene rings is 2. The summed E-state index contributed by atoms with van der Waals surface area (Å²) in [6.07, 6.45) is 4.72. The Morgan fingerprint density at radius 3 is 2.77 bits per heavy atom. The number of nitriles is 1. The third-order valence-electron chi connectivity index (χ3n) is 5.86. The Morgan fingerprint density at radius 2 is 1.97 bits per heavy atom. The van der Waals surface area contributed by atoms with Crippen LogP contribution in [0.3, 0.4) is 0 Å². The van der Waals surface area contributed by atoms with Gasteiger partial charge in [0, 0.05) is 30.8 Å². The van der Waals surface area contributed by atoms with Crippen LogP contribution in [0.1, 0.15) is 43.2 Å². The average molecular weight is 403 g/mol. The monoisotopic (exact) mass is 403 g/mol. The van der Waals surface area contributed by atoms with Gasteiger partial charge in [-0.2, -0.15) is 5.26 Å². The van der Waals surface area contributed by atoms with Crippen LogP contribution in [-0.4, -0.2) is 29.3 Å². The standard InChI is InChI=1S/C24H25N3O3/c25-14-17-5-3-6-18(11-17)16-30-22-10-4-7-20(13-22)26-24(29)19-12-23(28)27(15-19)21-8-1-2-9-21/h3-7,10-11,13,19,21H,1-2,8-9,12,15-16H2,(H,26,29). The molecule has 2 fully saturated rings. The fourth-order valence-corrected chi connectivity index (χ4v) is 4.28. The van der Waals surface area contributed by atoms with Gasteiger partial charge >= 0.3 is 0 Å². The summed E-state index contributed by atoms with van der Waals surface area (Å²) in [5.41, 5.74) is 2.14. The van der Waals surface area contributed by atoms with Gasteiger partial charge in [-0.15, -0.1) is 0 Å². The highest BCUT2D eigenvalue weighted by atomic mass is 16.5. The van der Waals surface area contributed by atoms with Crippen LogP contribution < -0.4 is 10.1 Å². The van der Waals surface area contributed by atoms with Crippen LogP contribution in [0.15, 0.2) is 48.5 Å². The van der Waals surface area contributed by atoms with Crippen LogP contribution in [-0.2, 0) is 16.2 Å². The summed E-state index contributed by atoms with van der Waals surface area (Å²) < 4.78 is 5.82. The maximum absolute atomic E-state index is 12.7. The van der Waals surface area contributed by atoms with E-state index in [1.54, 1.807) is 18.2 Å². The summed E-state index contributed by atoms with van der Waals surface area (Å²) >= 11 is 0. The Kier molecular flexibility index (Phi) is 5.99. The molecule has 154 valence electrons.